The Kier molecular flexibility index (Phi) is 8.02. The number of allylic oxidation sites excluding steroid dienone is 1. The highest BCUT2D eigenvalue weighted by Gasteiger charge is 2.40. The second-order valence-electron chi connectivity index (χ2n) is 12.6. The smallest absolute Gasteiger partial charge is 0.271 e. The summed E-state index contributed by atoms with van der Waals surface area (Å²) in [5.74, 6) is 0.0781. The lowest BCUT2D eigenvalue weighted by atomic mass is 9.87. The molecule has 2 N–H and O–H groups in total. The molecular formula is C34H38N8O4S. The molecule has 1 aliphatic carbocycles. The van der Waals surface area contributed by atoms with E-state index in [1.165, 1.54) is 6.20 Å². The standard InChI is InChI=1S/C34H38N8O4S/c1-22-7-10-24(11-8-22)47(45,46)41-16-14-25-31(27-21-40(6)28-12-9-23(2)19-26(27)28)36-33(37-32(25)41)34(35)15-13-29(30(20-34)42(43)44)39(5)18-17-38(3)4/h7-16,19,21H,17-18,20,35H2,1-6H3. The number of benzene rings is 2. The van der Waals surface area contributed by atoms with Crippen LogP contribution in [0.15, 0.2) is 89.4 Å². The summed E-state index contributed by atoms with van der Waals surface area (Å²) in [5.41, 5.74) is 10.2. The lowest BCUT2D eigenvalue weighted by Crippen LogP contribution is -2.41. The molecule has 0 fully saturated rings. The maximum Gasteiger partial charge on any atom is 0.271 e. The van der Waals surface area contributed by atoms with Gasteiger partial charge in [-0.25, -0.2) is 22.4 Å². The molecule has 0 radical (unpaired) electrons. The Labute approximate surface area is 273 Å². The molecule has 1 aliphatic rings. The summed E-state index contributed by atoms with van der Waals surface area (Å²) < 4.78 is 31.1. The van der Waals surface area contributed by atoms with Crippen molar-refractivity contribution in [2.24, 2.45) is 12.8 Å². The van der Waals surface area contributed by atoms with Crippen LogP contribution in [-0.2, 0) is 22.6 Å². The van der Waals surface area contributed by atoms with Crippen LogP contribution in [0.4, 0.5) is 0 Å². The Bertz CT molecular complexity index is 2210. The number of nitrogens with two attached hydrogens (primary N) is 1. The van der Waals surface area contributed by atoms with Crippen molar-refractivity contribution in [1.82, 2.24) is 28.3 Å². The van der Waals surface area contributed by atoms with Gasteiger partial charge in [0.15, 0.2) is 11.5 Å². The molecular weight excluding hydrogens is 616 g/mol. The molecule has 0 saturated heterocycles. The number of nitrogens with zero attached hydrogens (tertiary/aromatic N) is 7. The first-order chi connectivity index (χ1) is 22.2. The fourth-order valence-corrected chi connectivity index (χ4v) is 7.29. The Balaban J connectivity index is 1.58. The zero-order valence-corrected chi connectivity index (χ0v) is 28.1. The first-order valence-corrected chi connectivity index (χ1v) is 16.6. The largest absolute Gasteiger partial charge is 0.368 e. The zero-order valence-electron chi connectivity index (χ0n) is 27.3. The van der Waals surface area contributed by atoms with E-state index in [1.807, 2.05) is 74.7 Å². The molecule has 0 aliphatic heterocycles. The minimum atomic E-state index is -4.07. The molecule has 0 amide bonds. The van der Waals surface area contributed by atoms with Crippen LogP contribution in [0, 0.1) is 24.0 Å². The lowest BCUT2D eigenvalue weighted by molar-refractivity contribution is -0.431. The number of fused-ring (bicyclic) bond motifs is 2. The topological polar surface area (TPSA) is 145 Å². The highest BCUT2D eigenvalue weighted by Crippen LogP contribution is 2.39. The molecule has 1 atom stereocenters. The SMILES string of the molecule is Cc1ccc(S(=O)(=O)n2ccc3c(-c4cn(C)c5ccc(C)cc45)nc(C4(N)C=CC(N(C)CCN(C)C)=C([N+](=O)[O-])C4)nc32)cc1. The third-order valence-electron chi connectivity index (χ3n) is 8.71. The predicted octanol–water partition coefficient (Wildman–Crippen LogP) is 4.54. The van der Waals surface area contributed by atoms with Crippen molar-refractivity contribution >= 4 is 32.0 Å². The van der Waals surface area contributed by atoms with E-state index >= 15 is 0 Å². The number of likely N-dealkylation sites (N-methyl/N-ethyl adjacent to an activating group) is 2. The van der Waals surface area contributed by atoms with Crippen LogP contribution < -0.4 is 5.73 Å². The molecule has 13 heteroatoms. The Morgan fingerprint density at radius 1 is 1.00 bits per heavy atom. The van der Waals surface area contributed by atoms with E-state index in [9.17, 15) is 18.5 Å². The molecule has 3 heterocycles. The summed E-state index contributed by atoms with van der Waals surface area (Å²) >= 11 is 0. The van der Waals surface area contributed by atoms with Gasteiger partial charge >= 0.3 is 0 Å². The lowest BCUT2D eigenvalue weighted by Gasteiger charge is -2.30. The van der Waals surface area contributed by atoms with Crippen LogP contribution in [0.3, 0.4) is 0 Å². The molecule has 6 rings (SSSR count). The summed E-state index contributed by atoms with van der Waals surface area (Å²) in [7, 11) is 3.55. The van der Waals surface area contributed by atoms with Crippen molar-refractivity contribution in [3.8, 4) is 11.3 Å². The van der Waals surface area contributed by atoms with E-state index in [2.05, 4.69) is 6.07 Å². The van der Waals surface area contributed by atoms with Crippen molar-refractivity contribution in [3.63, 3.8) is 0 Å². The highest BCUT2D eigenvalue weighted by molar-refractivity contribution is 7.90. The zero-order chi connectivity index (χ0) is 33.8. The molecule has 1 unspecified atom stereocenters. The van der Waals surface area contributed by atoms with Gasteiger partial charge in [0.2, 0.25) is 0 Å². The normalized spacial score (nSPS) is 16.9. The summed E-state index contributed by atoms with van der Waals surface area (Å²) in [6.07, 6.45) is 6.55. The average molecular weight is 655 g/mol. The van der Waals surface area contributed by atoms with Crippen molar-refractivity contribution in [1.29, 1.82) is 0 Å². The van der Waals surface area contributed by atoms with Crippen molar-refractivity contribution in [2.45, 2.75) is 30.7 Å². The van der Waals surface area contributed by atoms with Crippen molar-refractivity contribution in [2.75, 3.05) is 34.2 Å². The third kappa shape index (κ3) is 5.70. The maximum absolute atomic E-state index is 14.0. The fourth-order valence-electron chi connectivity index (χ4n) is 6.00. The maximum atomic E-state index is 14.0. The van der Waals surface area contributed by atoms with Crippen molar-refractivity contribution in [3.05, 3.63) is 112 Å². The summed E-state index contributed by atoms with van der Waals surface area (Å²) in [6, 6.07) is 14.4. The van der Waals surface area contributed by atoms with Crippen LogP contribution in [0.1, 0.15) is 23.4 Å². The molecule has 3 aromatic heterocycles. The van der Waals surface area contributed by atoms with Gasteiger partial charge in [-0.15, -0.1) is 0 Å². The number of hydrogen-bond acceptors (Lipinski definition) is 9. The van der Waals surface area contributed by atoms with E-state index < -0.39 is 20.5 Å². The molecule has 47 heavy (non-hydrogen) atoms. The van der Waals surface area contributed by atoms with E-state index in [0.717, 1.165) is 31.6 Å². The predicted molar refractivity (Wildman–Crippen MR) is 183 cm³/mol. The van der Waals surface area contributed by atoms with Crippen LogP contribution in [0.2, 0.25) is 0 Å². The van der Waals surface area contributed by atoms with Crippen LogP contribution >= 0.6 is 0 Å². The summed E-state index contributed by atoms with van der Waals surface area (Å²) in [4.78, 5) is 25.7. The van der Waals surface area contributed by atoms with Gasteiger partial charge in [0.05, 0.1) is 21.9 Å². The summed E-state index contributed by atoms with van der Waals surface area (Å²) in [5, 5.41) is 13.9. The van der Waals surface area contributed by atoms with Gasteiger partial charge in [-0.1, -0.05) is 35.4 Å². The van der Waals surface area contributed by atoms with E-state index in [4.69, 9.17) is 15.7 Å². The molecule has 244 valence electrons. The van der Waals surface area contributed by atoms with Crippen LogP contribution in [0.5, 0.6) is 0 Å². The second kappa shape index (κ2) is 11.7. The number of rotatable bonds is 9. The first-order valence-electron chi connectivity index (χ1n) is 15.2. The quantitative estimate of drug-likeness (QED) is 0.179. The second-order valence-corrected chi connectivity index (χ2v) is 14.4. The molecule has 0 spiro atoms. The Morgan fingerprint density at radius 2 is 1.70 bits per heavy atom. The van der Waals surface area contributed by atoms with Gasteiger partial charge in [0.25, 0.3) is 15.7 Å². The average Bonchev–Trinajstić information content (AvgIpc) is 3.61. The number of hydrogen-bond donors (Lipinski definition) is 1. The Morgan fingerprint density at radius 3 is 2.38 bits per heavy atom. The summed E-state index contributed by atoms with van der Waals surface area (Å²) in [6.45, 7) is 5.16. The molecule has 5 aromatic rings. The molecule has 12 nitrogen and oxygen atoms in total. The van der Waals surface area contributed by atoms with Crippen LogP contribution in [-0.4, -0.2) is 75.9 Å². The molecule has 0 bridgehead atoms. The first kappa shape index (κ1) is 32.1. The van der Waals surface area contributed by atoms with Gasteiger partial charge in [0.1, 0.15) is 11.2 Å². The molecule has 0 saturated carbocycles. The Hall–Kier alpha value is -4.85. The highest BCUT2D eigenvalue weighted by atomic mass is 32.2. The number of aryl methyl sites for hydroxylation is 3. The minimum absolute atomic E-state index is 0.0649. The number of nitro groups is 1. The van der Waals surface area contributed by atoms with Gasteiger partial charge in [-0.2, -0.15) is 0 Å². The fraction of sp³-hybridized carbons (Fsp3) is 0.294. The van der Waals surface area contributed by atoms with Gasteiger partial charge in [-0.3, -0.25) is 10.1 Å². The van der Waals surface area contributed by atoms with Gasteiger partial charge < -0.3 is 20.1 Å². The van der Waals surface area contributed by atoms with Crippen molar-refractivity contribution < 1.29 is 13.3 Å². The van der Waals surface area contributed by atoms with Crippen LogP contribution in [0.25, 0.3) is 33.2 Å². The monoisotopic (exact) mass is 654 g/mol. The van der Waals surface area contributed by atoms with E-state index in [0.29, 0.717) is 29.9 Å². The van der Waals surface area contributed by atoms with Gasteiger partial charge in [0, 0.05) is 61.4 Å². The van der Waals surface area contributed by atoms with E-state index in [1.54, 1.807) is 42.5 Å². The third-order valence-corrected chi connectivity index (χ3v) is 10.4. The molecule has 2 aromatic carbocycles. The van der Waals surface area contributed by atoms with E-state index in [-0.39, 0.29) is 28.5 Å². The number of aromatic nitrogens is 4. The van der Waals surface area contributed by atoms with Gasteiger partial charge in [-0.05, 0) is 64.4 Å². The minimum Gasteiger partial charge on any atom is -0.368 e.